The van der Waals surface area contributed by atoms with Crippen LogP contribution in [0, 0.1) is 0 Å². The van der Waals surface area contributed by atoms with E-state index in [1.165, 1.54) is 16.2 Å². The molecule has 0 fully saturated rings. The summed E-state index contributed by atoms with van der Waals surface area (Å²) >= 11 is 10.2. The summed E-state index contributed by atoms with van der Waals surface area (Å²) in [7, 11) is 0. The molecule has 0 aliphatic rings. The molecule has 2 aromatic rings. The molecule has 0 saturated carbocycles. The Hall–Kier alpha value is 0.0300. The number of hydrogen-bond donors (Lipinski definition) is 0. The number of hydrogen-bond acceptors (Lipinski definition) is 3. The molecular weight excluding hydrogens is 360 g/mol. The second kappa shape index (κ2) is 4.49. The molecule has 0 spiro atoms. The number of halogens is 2. The van der Waals surface area contributed by atoms with Gasteiger partial charge in [-0.1, -0.05) is 0 Å². The third kappa shape index (κ3) is 2.25. The fourth-order valence-corrected chi connectivity index (χ4v) is 4.49. The molecule has 0 unspecified atom stereocenters. The van der Waals surface area contributed by atoms with E-state index in [0.29, 0.717) is 0 Å². The summed E-state index contributed by atoms with van der Waals surface area (Å²) in [5.41, 5.74) is 0. The van der Waals surface area contributed by atoms with E-state index < -0.39 is 0 Å². The first-order chi connectivity index (χ1) is 7.09. The van der Waals surface area contributed by atoms with Gasteiger partial charge in [0.15, 0.2) is 5.78 Å². The molecule has 2 heterocycles. The Morgan fingerprint density at radius 3 is 2.53 bits per heavy atom. The smallest absolute Gasteiger partial charge is 0.169 e. The lowest BCUT2D eigenvalue weighted by atomic mass is 10.3. The largest absolute Gasteiger partial charge is 0.294 e. The Bertz CT molecular complexity index is 513. The lowest BCUT2D eigenvalue weighted by Gasteiger charge is -1.92. The summed E-state index contributed by atoms with van der Waals surface area (Å²) < 4.78 is 2.12. The van der Waals surface area contributed by atoms with Crippen LogP contribution in [0.3, 0.4) is 0 Å². The van der Waals surface area contributed by atoms with E-state index in [2.05, 4.69) is 31.9 Å². The van der Waals surface area contributed by atoms with Crippen molar-refractivity contribution in [1.82, 2.24) is 0 Å². The van der Waals surface area contributed by atoms with Crippen LogP contribution in [0.1, 0.15) is 16.6 Å². The Morgan fingerprint density at radius 2 is 2.07 bits per heavy atom. The van der Waals surface area contributed by atoms with Crippen molar-refractivity contribution in [2.75, 3.05) is 0 Å². The first-order valence-electron chi connectivity index (χ1n) is 4.13. The van der Waals surface area contributed by atoms with Crippen molar-refractivity contribution in [3.05, 3.63) is 31.3 Å². The zero-order valence-corrected chi connectivity index (χ0v) is 12.5. The minimum absolute atomic E-state index is 0.123. The van der Waals surface area contributed by atoms with E-state index in [1.54, 1.807) is 18.3 Å². The number of ketones is 1. The number of thiophene rings is 2. The predicted octanol–water partition coefficient (Wildman–Crippen LogP) is 5.20. The topological polar surface area (TPSA) is 17.1 Å². The molecule has 0 radical (unpaired) electrons. The highest BCUT2D eigenvalue weighted by molar-refractivity contribution is 9.13. The monoisotopic (exact) mass is 364 g/mol. The van der Waals surface area contributed by atoms with Gasteiger partial charge in [0.1, 0.15) is 0 Å². The fraction of sp³-hybridized carbons (Fsp3) is 0.100. The summed E-state index contributed by atoms with van der Waals surface area (Å²) in [4.78, 5) is 14.3. The average molecular weight is 366 g/mol. The minimum atomic E-state index is 0.123. The predicted molar refractivity (Wildman–Crippen MR) is 73.0 cm³/mol. The molecule has 78 valence electrons. The molecule has 1 nitrogen and oxygen atoms in total. The maximum Gasteiger partial charge on any atom is 0.169 e. The van der Waals surface area contributed by atoms with Crippen LogP contribution < -0.4 is 0 Å². The van der Waals surface area contributed by atoms with Gasteiger partial charge < -0.3 is 0 Å². The molecule has 0 saturated heterocycles. The quantitative estimate of drug-likeness (QED) is 0.668. The lowest BCUT2D eigenvalue weighted by Crippen LogP contribution is -1.83. The van der Waals surface area contributed by atoms with Crippen LogP contribution in [-0.2, 0) is 0 Å². The SMILES string of the molecule is CC(=O)c1ccc(-c2scc(Br)c2Br)s1. The zero-order chi connectivity index (χ0) is 11.0. The Labute approximate surface area is 112 Å². The van der Waals surface area contributed by atoms with Crippen LogP contribution in [0.15, 0.2) is 26.5 Å². The van der Waals surface area contributed by atoms with Crippen molar-refractivity contribution >= 4 is 60.3 Å². The van der Waals surface area contributed by atoms with E-state index in [-0.39, 0.29) is 5.78 Å². The highest BCUT2D eigenvalue weighted by Crippen LogP contribution is 2.42. The molecular formula is C10H6Br2OS2. The Kier molecular flexibility index (Phi) is 3.45. The van der Waals surface area contributed by atoms with Gasteiger partial charge in [0.25, 0.3) is 0 Å². The van der Waals surface area contributed by atoms with Gasteiger partial charge in [-0.2, -0.15) is 0 Å². The molecule has 0 aliphatic heterocycles. The maximum atomic E-state index is 11.2. The van der Waals surface area contributed by atoms with Crippen molar-refractivity contribution in [1.29, 1.82) is 0 Å². The van der Waals surface area contributed by atoms with Crippen LogP contribution in [-0.4, -0.2) is 5.78 Å². The minimum Gasteiger partial charge on any atom is -0.294 e. The molecule has 0 atom stereocenters. The molecule has 15 heavy (non-hydrogen) atoms. The van der Waals surface area contributed by atoms with E-state index in [4.69, 9.17) is 0 Å². The van der Waals surface area contributed by atoms with Gasteiger partial charge in [-0.25, -0.2) is 0 Å². The zero-order valence-electron chi connectivity index (χ0n) is 7.71. The van der Waals surface area contributed by atoms with Gasteiger partial charge in [-0.15, -0.1) is 22.7 Å². The summed E-state index contributed by atoms with van der Waals surface area (Å²) in [6, 6.07) is 3.87. The van der Waals surface area contributed by atoms with Gasteiger partial charge in [-0.3, -0.25) is 4.79 Å². The van der Waals surface area contributed by atoms with Gasteiger partial charge in [0, 0.05) is 14.7 Å². The lowest BCUT2D eigenvalue weighted by molar-refractivity contribution is 0.102. The molecule has 0 N–H and O–H groups in total. The summed E-state index contributed by atoms with van der Waals surface area (Å²) in [6.07, 6.45) is 0. The summed E-state index contributed by atoms with van der Waals surface area (Å²) in [6.45, 7) is 1.59. The first-order valence-corrected chi connectivity index (χ1v) is 7.41. The van der Waals surface area contributed by atoms with Crippen LogP contribution >= 0.6 is 54.5 Å². The van der Waals surface area contributed by atoms with Crippen LogP contribution in [0.5, 0.6) is 0 Å². The maximum absolute atomic E-state index is 11.2. The van der Waals surface area contributed by atoms with E-state index in [9.17, 15) is 4.79 Å². The molecule has 0 bridgehead atoms. The highest BCUT2D eigenvalue weighted by atomic mass is 79.9. The molecule has 0 aliphatic carbocycles. The molecule has 0 amide bonds. The van der Waals surface area contributed by atoms with Gasteiger partial charge in [-0.05, 0) is 50.9 Å². The Morgan fingerprint density at radius 1 is 1.33 bits per heavy atom. The van der Waals surface area contributed by atoms with Crippen molar-refractivity contribution < 1.29 is 4.79 Å². The fourth-order valence-electron chi connectivity index (χ4n) is 1.14. The standard InChI is InChI=1S/C10H6Br2OS2/c1-5(13)7-2-3-8(15-7)10-9(12)6(11)4-14-10/h2-4H,1H3. The average Bonchev–Trinajstić information content (AvgIpc) is 2.76. The van der Waals surface area contributed by atoms with Crippen molar-refractivity contribution in [2.24, 2.45) is 0 Å². The van der Waals surface area contributed by atoms with Crippen molar-refractivity contribution in [3.63, 3.8) is 0 Å². The Balaban J connectivity index is 2.46. The van der Waals surface area contributed by atoms with E-state index in [0.717, 1.165) is 18.7 Å². The first kappa shape index (κ1) is 11.5. The van der Waals surface area contributed by atoms with Crippen molar-refractivity contribution in [3.8, 4) is 9.75 Å². The molecule has 2 rings (SSSR count). The molecule has 2 aromatic heterocycles. The third-order valence-electron chi connectivity index (χ3n) is 1.87. The summed E-state index contributed by atoms with van der Waals surface area (Å²) in [5.74, 6) is 0.123. The second-order valence-electron chi connectivity index (χ2n) is 2.95. The summed E-state index contributed by atoms with van der Waals surface area (Å²) in [5, 5.41) is 2.03. The number of carbonyl (C=O) groups excluding carboxylic acids is 1. The van der Waals surface area contributed by atoms with E-state index >= 15 is 0 Å². The van der Waals surface area contributed by atoms with Gasteiger partial charge >= 0.3 is 0 Å². The number of carbonyl (C=O) groups is 1. The van der Waals surface area contributed by atoms with Crippen LogP contribution in [0.25, 0.3) is 9.75 Å². The molecule has 0 aromatic carbocycles. The van der Waals surface area contributed by atoms with Gasteiger partial charge in [0.2, 0.25) is 0 Å². The number of Topliss-reactive ketones (excluding diaryl/α,β-unsaturated/α-hetero) is 1. The number of rotatable bonds is 2. The second-order valence-corrected chi connectivity index (χ2v) is 6.56. The van der Waals surface area contributed by atoms with Crippen LogP contribution in [0.4, 0.5) is 0 Å². The van der Waals surface area contributed by atoms with E-state index in [1.807, 2.05) is 17.5 Å². The van der Waals surface area contributed by atoms with Crippen LogP contribution in [0.2, 0.25) is 0 Å². The van der Waals surface area contributed by atoms with Gasteiger partial charge in [0.05, 0.1) is 14.2 Å². The van der Waals surface area contributed by atoms with Crippen molar-refractivity contribution in [2.45, 2.75) is 6.92 Å². The normalized spacial score (nSPS) is 10.6. The third-order valence-corrected chi connectivity index (χ3v) is 6.76. The highest BCUT2D eigenvalue weighted by Gasteiger charge is 2.12. The molecule has 5 heteroatoms.